The molecule has 6 nitrogen and oxygen atoms in total. The van der Waals surface area contributed by atoms with Gasteiger partial charge in [0, 0.05) is 6.42 Å². The predicted octanol–water partition coefficient (Wildman–Crippen LogP) is 0.699. The van der Waals surface area contributed by atoms with E-state index in [0.29, 0.717) is 0 Å². The van der Waals surface area contributed by atoms with Gasteiger partial charge in [-0.25, -0.2) is 4.79 Å². The van der Waals surface area contributed by atoms with E-state index >= 15 is 0 Å². The molecule has 0 saturated heterocycles. The largest absolute Gasteiger partial charge is 0.480 e. The summed E-state index contributed by atoms with van der Waals surface area (Å²) in [6.07, 6.45) is 0.161. The van der Waals surface area contributed by atoms with Crippen molar-refractivity contribution < 1.29 is 24.2 Å². The molecule has 0 aromatic carbocycles. The first-order valence-corrected chi connectivity index (χ1v) is 5.55. The predicted molar refractivity (Wildman–Crippen MR) is 60.3 cm³/mol. The molecule has 0 spiro atoms. The minimum Gasteiger partial charge on any atom is -0.480 e. The molecule has 6 heteroatoms. The molecule has 17 heavy (non-hydrogen) atoms. The highest BCUT2D eigenvalue weighted by Gasteiger charge is 2.32. The summed E-state index contributed by atoms with van der Waals surface area (Å²) in [6.45, 7) is 5.04. The third-order valence-electron chi connectivity index (χ3n) is 2.46. The maximum absolute atomic E-state index is 11.4. The summed E-state index contributed by atoms with van der Waals surface area (Å²) in [6, 6.07) is 0. The Hall–Kier alpha value is -1.59. The lowest BCUT2D eigenvalue weighted by molar-refractivity contribution is -0.147. The molecule has 0 aromatic heterocycles. The fourth-order valence-electron chi connectivity index (χ4n) is 1.11. The molecule has 0 aliphatic heterocycles. The van der Waals surface area contributed by atoms with E-state index in [1.165, 1.54) is 6.92 Å². The van der Waals surface area contributed by atoms with Crippen LogP contribution >= 0.6 is 0 Å². The van der Waals surface area contributed by atoms with Gasteiger partial charge in [-0.15, -0.1) is 0 Å². The molecular weight excluding hydrogens is 226 g/mol. The van der Waals surface area contributed by atoms with Crippen molar-refractivity contribution in [3.8, 4) is 0 Å². The number of rotatable bonds is 7. The summed E-state index contributed by atoms with van der Waals surface area (Å²) in [5.74, 6) is -2.02. The third kappa shape index (κ3) is 5.33. The second-order valence-corrected chi connectivity index (χ2v) is 3.84. The van der Waals surface area contributed by atoms with E-state index in [9.17, 15) is 14.4 Å². The van der Waals surface area contributed by atoms with Gasteiger partial charge in [0.1, 0.15) is 5.54 Å². The van der Waals surface area contributed by atoms with E-state index in [2.05, 4.69) is 10.1 Å². The van der Waals surface area contributed by atoms with Gasteiger partial charge in [0.25, 0.3) is 0 Å². The average Bonchev–Trinajstić information content (AvgIpc) is 2.26. The van der Waals surface area contributed by atoms with Crippen molar-refractivity contribution in [3.63, 3.8) is 0 Å². The Balaban J connectivity index is 4.17. The minimum absolute atomic E-state index is 0.0426. The van der Waals surface area contributed by atoms with Crippen LogP contribution < -0.4 is 5.32 Å². The van der Waals surface area contributed by atoms with Gasteiger partial charge in [-0.05, 0) is 20.3 Å². The Morgan fingerprint density at radius 2 is 1.82 bits per heavy atom. The molecule has 0 aliphatic carbocycles. The molecular formula is C11H19NO5. The molecule has 1 unspecified atom stereocenters. The molecule has 0 aliphatic rings. The van der Waals surface area contributed by atoms with Crippen LogP contribution in [0.2, 0.25) is 0 Å². The second kappa shape index (κ2) is 6.88. The molecule has 0 saturated carbocycles. The molecule has 98 valence electrons. The Bertz CT molecular complexity index is 302. The molecule has 0 bridgehead atoms. The van der Waals surface area contributed by atoms with Crippen molar-refractivity contribution in [1.82, 2.24) is 5.32 Å². The maximum Gasteiger partial charge on any atom is 0.329 e. The standard InChI is InChI=1S/C11H19NO5/c1-4-11(3,10(15)16)12-8(13)6-7-9(14)17-5-2/h4-7H2,1-3H3,(H,12,13)(H,15,16). The van der Waals surface area contributed by atoms with E-state index in [-0.39, 0.29) is 25.9 Å². The molecule has 0 fully saturated rings. The van der Waals surface area contributed by atoms with Gasteiger partial charge in [-0.2, -0.15) is 0 Å². The molecule has 0 radical (unpaired) electrons. The van der Waals surface area contributed by atoms with Crippen LogP contribution in [0.5, 0.6) is 0 Å². The highest BCUT2D eigenvalue weighted by Crippen LogP contribution is 2.09. The third-order valence-corrected chi connectivity index (χ3v) is 2.46. The number of carboxylic acids is 1. The zero-order chi connectivity index (χ0) is 13.5. The number of ether oxygens (including phenoxy) is 1. The number of hydrogen-bond donors (Lipinski definition) is 2. The monoisotopic (exact) mass is 245 g/mol. The number of carboxylic acid groups (broad SMARTS) is 1. The first kappa shape index (κ1) is 15.4. The van der Waals surface area contributed by atoms with Gasteiger partial charge < -0.3 is 15.2 Å². The van der Waals surface area contributed by atoms with Crippen LogP contribution in [0, 0.1) is 0 Å². The minimum atomic E-state index is -1.29. The summed E-state index contributed by atoms with van der Waals surface area (Å²) in [5.41, 5.74) is -1.29. The quantitative estimate of drug-likeness (QED) is 0.644. The topological polar surface area (TPSA) is 92.7 Å². The lowest BCUT2D eigenvalue weighted by atomic mass is 9.99. The summed E-state index contributed by atoms with van der Waals surface area (Å²) in [7, 11) is 0. The van der Waals surface area contributed by atoms with Crippen molar-refractivity contribution in [3.05, 3.63) is 0 Å². The number of aliphatic carboxylic acids is 1. The number of carbonyl (C=O) groups excluding carboxylic acids is 2. The second-order valence-electron chi connectivity index (χ2n) is 3.84. The van der Waals surface area contributed by atoms with Crippen LogP contribution in [0.4, 0.5) is 0 Å². The Morgan fingerprint density at radius 3 is 2.24 bits per heavy atom. The van der Waals surface area contributed by atoms with Crippen LogP contribution in [0.1, 0.15) is 40.0 Å². The van der Waals surface area contributed by atoms with Gasteiger partial charge in [0.05, 0.1) is 13.0 Å². The van der Waals surface area contributed by atoms with E-state index in [0.717, 1.165) is 0 Å². The van der Waals surface area contributed by atoms with E-state index in [4.69, 9.17) is 5.11 Å². The fraction of sp³-hybridized carbons (Fsp3) is 0.727. The lowest BCUT2D eigenvalue weighted by Gasteiger charge is -2.24. The van der Waals surface area contributed by atoms with Crippen molar-refractivity contribution in [2.24, 2.45) is 0 Å². The average molecular weight is 245 g/mol. The summed E-state index contributed by atoms with van der Waals surface area (Å²) in [5, 5.41) is 11.3. The van der Waals surface area contributed by atoms with Crippen molar-refractivity contribution >= 4 is 17.8 Å². The zero-order valence-electron chi connectivity index (χ0n) is 10.4. The first-order chi connectivity index (χ1) is 7.85. The highest BCUT2D eigenvalue weighted by atomic mass is 16.5. The molecule has 0 aromatic rings. The van der Waals surface area contributed by atoms with Crippen LogP contribution in [-0.4, -0.2) is 35.1 Å². The van der Waals surface area contributed by atoms with Crippen molar-refractivity contribution in [2.45, 2.75) is 45.6 Å². The molecule has 2 N–H and O–H groups in total. The van der Waals surface area contributed by atoms with E-state index < -0.39 is 23.4 Å². The van der Waals surface area contributed by atoms with Gasteiger partial charge >= 0.3 is 11.9 Å². The van der Waals surface area contributed by atoms with Crippen LogP contribution in [-0.2, 0) is 19.1 Å². The lowest BCUT2D eigenvalue weighted by Crippen LogP contribution is -2.51. The Morgan fingerprint density at radius 1 is 1.24 bits per heavy atom. The van der Waals surface area contributed by atoms with Gasteiger partial charge in [0.2, 0.25) is 5.91 Å². The van der Waals surface area contributed by atoms with E-state index in [1.54, 1.807) is 13.8 Å². The number of carbonyl (C=O) groups is 3. The molecule has 1 amide bonds. The molecule has 0 rings (SSSR count). The van der Waals surface area contributed by atoms with Crippen LogP contribution in [0.15, 0.2) is 0 Å². The summed E-state index contributed by atoms with van der Waals surface area (Å²) in [4.78, 5) is 33.4. The number of esters is 1. The summed E-state index contributed by atoms with van der Waals surface area (Å²) < 4.78 is 4.66. The number of amides is 1. The zero-order valence-corrected chi connectivity index (χ0v) is 10.4. The summed E-state index contributed by atoms with van der Waals surface area (Å²) >= 11 is 0. The SMILES string of the molecule is CCOC(=O)CCC(=O)NC(C)(CC)C(=O)O. The fourth-order valence-corrected chi connectivity index (χ4v) is 1.11. The Kier molecular flexibility index (Phi) is 6.23. The first-order valence-electron chi connectivity index (χ1n) is 5.55. The number of hydrogen-bond acceptors (Lipinski definition) is 4. The highest BCUT2D eigenvalue weighted by molar-refractivity contribution is 5.88. The molecule has 1 atom stereocenters. The normalized spacial score (nSPS) is 13.6. The van der Waals surface area contributed by atoms with E-state index in [1.807, 2.05) is 0 Å². The van der Waals surface area contributed by atoms with Gasteiger partial charge in [-0.3, -0.25) is 9.59 Å². The van der Waals surface area contributed by atoms with Crippen LogP contribution in [0.25, 0.3) is 0 Å². The van der Waals surface area contributed by atoms with Gasteiger partial charge in [-0.1, -0.05) is 6.92 Å². The maximum atomic E-state index is 11.4. The van der Waals surface area contributed by atoms with Crippen molar-refractivity contribution in [1.29, 1.82) is 0 Å². The smallest absolute Gasteiger partial charge is 0.329 e. The van der Waals surface area contributed by atoms with Crippen LogP contribution in [0.3, 0.4) is 0 Å². The molecule has 0 heterocycles. The van der Waals surface area contributed by atoms with Crippen molar-refractivity contribution in [2.75, 3.05) is 6.61 Å². The Labute approximate surface area is 100 Å². The van der Waals surface area contributed by atoms with Gasteiger partial charge in [0.15, 0.2) is 0 Å². The number of nitrogens with one attached hydrogen (secondary N) is 1.